The lowest BCUT2D eigenvalue weighted by Gasteiger charge is -1.92. The molecule has 0 aliphatic heterocycles. The van der Waals surface area contributed by atoms with E-state index >= 15 is 0 Å². The first-order valence-corrected chi connectivity index (χ1v) is 4.07. The minimum absolute atomic E-state index is 0.0741. The van der Waals surface area contributed by atoms with E-state index in [1.165, 1.54) is 24.3 Å². The average molecular weight is 196 g/mol. The van der Waals surface area contributed by atoms with E-state index in [0.29, 0.717) is 6.42 Å². The molecule has 76 valence electrons. The summed E-state index contributed by atoms with van der Waals surface area (Å²) in [5.74, 6) is -0.912. The predicted octanol–water partition coefficient (Wildman–Crippen LogP) is 1.69. The Hall–Kier alpha value is -1.84. The Kier molecular flexibility index (Phi) is 5.78. The number of carboxylic acids is 1. The van der Waals surface area contributed by atoms with Gasteiger partial charge >= 0.3 is 5.97 Å². The number of carbonyl (C=O) groups excluding carboxylic acids is 1. The first-order valence-electron chi connectivity index (χ1n) is 4.07. The summed E-state index contributed by atoms with van der Waals surface area (Å²) in [5, 5.41) is 17.1. The van der Waals surface area contributed by atoms with Crippen LogP contribution in [0.5, 0.6) is 5.75 Å². The summed E-state index contributed by atoms with van der Waals surface area (Å²) >= 11 is 0. The molecule has 0 saturated heterocycles. The minimum Gasteiger partial charge on any atom is -0.508 e. The number of benzene rings is 1. The second-order valence-corrected chi connectivity index (χ2v) is 2.43. The number of aromatic hydroxyl groups is 1. The molecule has 0 aliphatic rings. The van der Waals surface area contributed by atoms with Crippen LogP contribution in [0, 0.1) is 0 Å². The quantitative estimate of drug-likeness (QED) is 0.706. The summed E-state index contributed by atoms with van der Waals surface area (Å²) in [6.07, 6.45) is 1.51. The number of carbonyl (C=O) groups is 2. The second kappa shape index (κ2) is 6.65. The van der Waals surface area contributed by atoms with Crippen LogP contribution in [0.2, 0.25) is 0 Å². The molecule has 2 N–H and O–H groups in total. The van der Waals surface area contributed by atoms with Crippen molar-refractivity contribution in [1.29, 1.82) is 0 Å². The lowest BCUT2D eigenvalue weighted by molar-refractivity contribution is -0.107. The second-order valence-electron chi connectivity index (χ2n) is 2.43. The molecule has 0 aliphatic carbocycles. The summed E-state index contributed by atoms with van der Waals surface area (Å²) in [6.45, 7) is 1.81. The molecule has 14 heavy (non-hydrogen) atoms. The van der Waals surface area contributed by atoms with Crippen molar-refractivity contribution in [2.45, 2.75) is 13.3 Å². The normalized spacial score (nSPS) is 8.36. The number of phenols is 1. The van der Waals surface area contributed by atoms with Crippen LogP contribution in [0.15, 0.2) is 24.3 Å². The van der Waals surface area contributed by atoms with Crippen LogP contribution >= 0.6 is 0 Å². The Bertz CT molecular complexity index is 289. The van der Waals surface area contributed by atoms with Crippen molar-refractivity contribution >= 4 is 12.3 Å². The van der Waals surface area contributed by atoms with Crippen LogP contribution in [0.1, 0.15) is 23.7 Å². The third-order valence-corrected chi connectivity index (χ3v) is 1.28. The van der Waals surface area contributed by atoms with Gasteiger partial charge in [0.15, 0.2) is 0 Å². The predicted molar refractivity (Wildman–Crippen MR) is 51.4 cm³/mol. The molecule has 0 heterocycles. The smallest absolute Gasteiger partial charge is 0.335 e. The molecule has 1 rings (SSSR count). The summed E-state index contributed by atoms with van der Waals surface area (Å²) in [7, 11) is 0. The first kappa shape index (κ1) is 12.2. The van der Waals surface area contributed by atoms with E-state index in [1.54, 1.807) is 0 Å². The number of rotatable bonds is 2. The van der Waals surface area contributed by atoms with E-state index in [0.717, 1.165) is 6.29 Å². The molecule has 0 spiro atoms. The highest BCUT2D eigenvalue weighted by Crippen LogP contribution is 2.08. The van der Waals surface area contributed by atoms with E-state index in [-0.39, 0.29) is 11.3 Å². The molecule has 4 nitrogen and oxygen atoms in total. The maximum absolute atomic E-state index is 10.2. The van der Waals surface area contributed by atoms with Crippen molar-refractivity contribution in [2.75, 3.05) is 0 Å². The highest BCUT2D eigenvalue weighted by atomic mass is 16.4. The Balaban J connectivity index is 0.000000364. The van der Waals surface area contributed by atoms with Crippen LogP contribution in [-0.2, 0) is 4.79 Å². The van der Waals surface area contributed by atoms with Crippen molar-refractivity contribution in [3.8, 4) is 5.75 Å². The number of phenolic OH excluding ortho intramolecular Hbond substituents is 1. The Labute approximate surface area is 81.8 Å². The minimum atomic E-state index is -0.986. The number of hydrogen-bond acceptors (Lipinski definition) is 3. The fourth-order valence-corrected chi connectivity index (χ4v) is 0.604. The van der Waals surface area contributed by atoms with E-state index in [9.17, 15) is 9.59 Å². The van der Waals surface area contributed by atoms with Crippen molar-refractivity contribution in [2.24, 2.45) is 0 Å². The molecule has 4 heteroatoms. The van der Waals surface area contributed by atoms with Gasteiger partial charge in [0.1, 0.15) is 12.0 Å². The van der Waals surface area contributed by atoms with Gasteiger partial charge in [-0.1, -0.05) is 6.92 Å². The highest BCUT2D eigenvalue weighted by molar-refractivity contribution is 5.87. The monoisotopic (exact) mass is 196 g/mol. The van der Waals surface area contributed by atoms with Crippen LogP contribution in [0.4, 0.5) is 0 Å². The molecule has 1 aromatic carbocycles. The molecular weight excluding hydrogens is 184 g/mol. The highest BCUT2D eigenvalue weighted by Gasteiger charge is 1.99. The molecule has 1 aromatic rings. The van der Waals surface area contributed by atoms with Gasteiger partial charge in [-0.3, -0.25) is 0 Å². The topological polar surface area (TPSA) is 74.6 Å². The molecular formula is C10H12O4. The van der Waals surface area contributed by atoms with E-state index in [2.05, 4.69) is 0 Å². The van der Waals surface area contributed by atoms with E-state index < -0.39 is 5.97 Å². The van der Waals surface area contributed by atoms with Gasteiger partial charge in [-0.2, -0.15) is 0 Å². The lowest BCUT2D eigenvalue weighted by Crippen LogP contribution is -1.93. The molecule has 0 amide bonds. The molecule has 0 atom stereocenters. The fraction of sp³-hybridized carbons (Fsp3) is 0.200. The Morgan fingerprint density at radius 2 is 1.79 bits per heavy atom. The third kappa shape index (κ3) is 4.92. The summed E-state index contributed by atoms with van der Waals surface area (Å²) in [5.41, 5.74) is 0.179. The molecule has 0 radical (unpaired) electrons. The molecule has 0 saturated carbocycles. The van der Waals surface area contributed by atoms with Crippen molar-refractivity contribution in [3.05, 3.63) is 29.8 Å². The van der Waals surface area contributed by atoms with Crippen LogP contribution in [0.25, 0.3) is 0 Å². The third-order valence-electron chi connectivity index (χ3n) is 1.28. The SMILES string of the molecule is CCC=O.O=C(O)c1ccc(O)cc1. The maximum Gasteiger partial charge on any atom is 0.335 e. The van der Waals surface area contributed by atoms with Gasteiger partial charge in [-0.15, -0.1) is 0 Å². The average Bonchev–Trinajstić information content (AvgIpc) is 2.19. The largest absolute Gasteiger partial charge is 0.508 e. The van der Waals surface area contributed by atoms with E-state index in [4.69, 9.17) is 10.2 Å². The maximum atomic E-state index is 10.2. The summed E-state index contributed by atoms with van der Waals surface area (Å²) < 4.78 is 0. The van der Waals surface area contributed by atoms with Crippen molar-refractivity contribution in [1.82, 2.24) is 0 Å². The first-order chi connectivity index (χ1) is 6.61. The van der Waals surface area contributed by atoms with Gasteiger partial charge in [0.25, 0.3) is 0 Å². The van der Waals surface area contributed by atoms with Crippen molar-refractivity contribution < 1.29 is 19.8 Å². The van der Waals surface area contributed by atoms with Gasteiger partial charge in [-0.05, 0) is 24.3 Å². The van der Waals surface area contributed by atoms with Gasteiger partial charge in [0, 0.05) is 6.42 Å². The fourth-order valence-electron chi connectivity index (χ4n) is 0.604. The number of aromatic carboxylic acids is 1. The number of aldehydes is 1. The van der Waals surface area contributed by atoms with Gasteiger partial charge in [0.05, 0.1) is 5.56 Å². The van der Waals surface area contributed by atoms with Gasteiger partial charge in [0.2, 0.25) is 0 Å². The summed E-state index contributed by atoms with van der Waals surface area (Å²) in [4.78, 5) is 19.4. The van der Waals surface area contributed by atoms with Gasteiger partial charge < -0.3 is 15.0 Å². The van der Waals surface area contributed by atoms with E-state index in [1.807, 2.05) is 6.92 Å². The van der Waals surface area contributed by atoms with Gasteiger partial charge in [-0.25, -0.2) is 4.79 Å². The molecule has 0 aromatic heterocycles. The number of carboxylic acid groups (broad SMARTS) is 1. The standard InChI is InChI=1S/C7H6O3.C3H6O/c8-6-3-1-5(2-4-6)7(9)10;1-2-3-4/h1-4,8H,(H,9,10);3H,2H2,1H3. The zero-order chi connectivity index (χ0) is 11.0. The summed E-state index contributed by atoms with van der Waals surface area (Å²) in [6, 6.07) is 5.36. The Morgan fingerprint density at radius 3 is 2.07 bits per heavy atom. The van der Waals surface area contributed by atoms with Crippen LogP contribution in [0.3, 0.4) is 0 Å². The molecule has 0 bridgehead atoms. The lowest BCUT2D eigenvalue weighted by atomic mass is 10.2. The molecule has 0 fully saturated rings. The zero-order valence-electron chi connectivity index (χ0n) is 7.80. The van der Waals surface area contributed by atoms with Crippen LogP contribution < -0.4 is 0 Å². The zero-order valence-corrected chi connectivity index (χ0v) is 7.80. The van der Waals surface area contributed by atoms with Crippen LogP contribution in [-0.4, -0.2) is 22.5 Å². The Morgan fingerprint density at radius 1 is 1.36 bits per heavy atom. The molecule has 0 unspecified atom stereocenters. The number of hydrogen-bond donors (Lipinski definition) is 2. The van der Waals surface area contributed by atoms with Crippen molar-refractivity contribution in [3.63, 3.8) is 0 Å².